The third-order valence-electron chi connectivity index (χ3n) is 5.17. The summed E-state index contributed by atoms with van der Waals surface area (Å²) in [5.41, 5.74) is 2.27. The second-order valence-electron chi connectivity index (χ2n) is 7.40. The lowest BCUT2D eigenvalue weighted by Gasteiger charge is -2.33. The molecule has 2 aromatic rings. The highest BCUT2D eigenvalue weighted by Crippen LogP contribution is 2.26. The molecule has 2 aromatic carbocycles. The Balaban J connectivity index is 1.66. The number of nitrogens with zero attached hydrogens (tertiary/aromatic N) is 2. The maximum Gasteiger partial charge on any atom is 0.270 e. The lowest BCUT2D eigenvalue weighted by atomic mass is 9.99. The lowest BCUT2D eigenvalue weighted by Crippen LogP contribution is -2.34. The molecule has 1 N–H and O–H groups in total. The molecule has 7 heteroatoms. The van der Waals surface area contributed by atoms with Crippen LogP contribution in [0.3, 0.4) is 0 Å². The van der Waals surface area contributed by atoms with Gasteiger partial charge in [0.15, 0.2) is 0 Å². The van der Waals surface area contributed by atoms with Crippen molar-refractivity contribution in [1.29, 1.82) is 0 Å². The summed E-state index contributed by atoms with van der Waals surface area (Å²) in [6, 6.07) is 11.9. The van der Waals surface area contributed by atoms with E-state index in [0.717, 1.165) is 18.7 Å². The van der Waals surface area contributed by atoms with Gasteiger partial charge in [0.25, 0.3) is 11.6 Å². The number of halogens is 1. The van der Waals surface area contributed by atoms with Crippen molar-refractivity contribution >= 4 is 28.9 Å². The van der Waals surface area contributed by atoms with Crippen LogP contribution in [0.5, 0.6) is 0 Å². The van der Waals surface area contributed by atoms with Gasteiger partial charge in [0.05, 0.1) is 21.6 Å². The molecule has 0 radical (unpaired) electrons. The third-order valence-corrected chi connectivity index (χ3v) is 5.48. The SMILES string of the molecule is C[C@H]1CCCN(c2ccc([C@H](C)NC(=O)c3ccc([N+](=O)[O-])cc3Cl)cc2)C1. The van der Waals surface area contributed by atoms with Crippen molar-refractivity contribution in [3.05, 3.63) is 68.7 Å². The zero-order valence-electron chi connectivity index (χ0n) is 16.0. The minimum absolute atomic E-state index is 0.0634. The molecule has 1 amide bonds. The molecule has 1 aliphatic rings. The standard InChI is InChI=1S/C21H24ClN3O3/c1-14-4-3-11-24(13-14)17-7-5-16(6-8-17)15(2)23-21(26)19-10-9-18(25(27)28)12-20(19)22/h5-10,12,14-15H,3-4,11,13H2,1-2H3,(H,23,26)/t14-,15-/m0/s1. The molecule has 0 saturated carbocycles. The first-order valence-electron chi connectivity index (χ1n) is 9.45. The van der Waals surface area contributed by atoms with E-state index in [0.29, 0.717) is 5.92 Å². The molecule has 0 aromatic heterocycles. The number of nitrogens with one attached hydrogen (secondary N) is 1. The Hall–Kier alpha value is -2.60. The average Bonchev–Trinajstić information content (AvgIpc) is 2.67. The normalized spacial score (nSPS) is 17.8. The molecule has 2 atom stereocenters. The van der Waals surface area contributed by atoms with Gasteiger partial charge in [-0.15, -0.1) is 0 Å². The summed E-state index contributed by atoms with van der Waals surface area (Å²) in [4.78, 5) is 25.2. The van der Waals surface area contributed by atoms with Gasteiger partial charge in [-0.3, -0.25) is 14.9 Å². The van der Waals surface area contributed by atoms with Crippen molar-refractivity contribution in [2.45, 2.75) is 32.7 Å². The number of benzene rings is 2. The van der Waals surface area contributed by atoms with E-state index >= 15 is 0 Å². The summed E-state index contributed by atoms with van der Waals surface area (Å²) in [7, 11) is 0. The van der Waals surface area contributed by atoms with Crippen molar-refractivity contribution in [2.75, 3.05) is 18.0 Å². The highest BCUT2D eigenvalue weighted by Gasteiger charge is 2.19. The molecule has 3 rings (SSSR count). The van der Waals surface area contributed by atoms with Crippen LogP contribution in [0.15, 0.2) is 42.5 Å². The van der Waals surface area contributed by atoms with Gasteiger partial charge in [0.1, 0.15) is 0 Å². The highest BCUT2D eigenvalue weighted by atomic mass is 35.5. The van der Waals surface area contributed by atoms with Crippen LogP contribution < -0.4 is 10.2 Å². The molecule has 28 heavy (non-hydrogen) atoms. The van der Waals surface area contributed by atoms with Crippen LogP contribution in [-0.2, 0) is 0 Å². The maximum atomic E-state index is 12.5. The summed E-state index contributed by atoms with van der Waals surface area (Å²) in [6.07, 6.45) is 2.49. The van der Waals surface area contributed by atoms with Gasteiger partial charge in [0, 0.05) is 30.9 Å². The first kappa shape index (κ1) is 20.1. The molecule has 6 nitrogen and oxygen atoms in total. The number of anilines is 1. The zero-order valence-corrected chi connectivity index (χ0v) is 16.8. The molecule has 148 valence electrons. The topological polar surface area (TPSA) is 75.5 Å². The van der Waals surface area contributed by atoms with Crippen LogP contribution in [-0.4, -0.2) is 23.9 Å². The number of amides is 1. The van der Waals surface area contributed by atoms with Crippen molar-refractivity contribution in [3.8, 4) is 0 Å². The molecule has 1 heterocycles. The van der Waals surface area contributed by atoms with E-state index in [4.69, 9.17) is 11.6 Å². The molecule has 1 aliphatic heterocycles. The molecule has 0 aliphatic carbocycles. The predicted octanol–water partition coefficient (Wildman–Crippen LogP) is 4.98. The molecular formula is C21H24ClN3O3. The van der Waals surface area contributed by atoms with Gasteiger partial charge >= 0.3 is 0 Å². The van der Waals surface area contributed by atoms with Crippen LogP contribution in [0.1, 0.15) is 48.7 Å². The largest absolute Gasteiger partial charge is 0.371 e. The molecule has 0 spiro atoms. The van der Waals surface area contributed by atoms with Gasteiger partial charge in [-0.05, 0) is 49.4 Å². The summed E-state index contributed by atoms with van der Waals surface area (Å²) in [5.74, 6) is 0.347. The minimum atomic E-state index is -0.541. The van der Waals surface area contributed by atoms with E-state index < -0.39 is 4.92 Å². The Bertz CT molecular complexity index is 870. The Morgan fingerprint density at radius 3 is 2.61 bits per heavy atom. The van der Waals surface area contributed by atoms with Gasteiger partial charge in [-0.1, -0.05) is 30.7 Å². The summed E-state index contributed by atoms with van der Waals surface area (Å²) in [6.45, 7) is 6.33. The van der Waals surface area contributed by atoms with E-state index in [-0.39, 0.29) is 28.2 Å². The van der Waals surface area contributed by atoms with E-state index in [1.165, 1.54) is 36.7 Å². The number of nitro benzene ring substituents is 1. The fraction of sp³-hybridized carbons (Fsp3) is 0.381. The smallest absolute Gasteiger partial charge is 0.270 e. The fourth-order valence-electron chi connectivity index (χ4n) is 3.56. The number of rotatable bonds is 5. The predicted molar refractivity (Wildman–Crippen MR) is 111 cm³/mol. The molecular weight excluding hydrogens is 378 g/mol. The van der Waals surface area contributed by atoms with Crippen LogP contribution >= 0.6 is 11.6 Å². The Morgan fingerprint density at radius 1 is 1.29 bits per heavy atom. The first-order chi connectivity index (χ1) is 13.3. The number of nitro groups is 1. The Labute approximate surface area is 169 Å². The number of hydrogen-bond donors (Lipinski definition) is 1. The van der Waals surface area contributed by atoms with Crippen LogP contribution in [0, 0.1) is 16.0 Å². The van der Waals surface area contributed by atoms with E-state index in [2.05, 4.69) is 29.3 Å². The monoisotopic (exact) mass is 401 g/mol. The summed E-state index contributed by atoms with van der Waals surface area (Å²) in [5, 5.41) is 13.8. The Morgan fingerprint density at radius 2 is 2.00 bits per heavy atom. The first-order valence-corrected chi connectivity index (χ1v) is 9.82. The van der Waals surface area contributed by atoms with Crippen molar-refractivity contribution in [3.63, 3.8) is 0 Å². The number of non-ortho nitro benzene ring substituents is 1. The van der Waals surface area contributed by atoms with Gasteiger partial charge in [0.2, 0.25) is 0 Å². The summed E-state index contributed by atoms with van der Waals surface area (Å²) < 4.78 is 0. The van der Waals surface area contributed by atoms with Crippen LogP contribution in [0.4, 0.5) is 11.4 Å². The maximum absolute atomic E-state index is 12.5. The van der Waals surface area contributed by atoms with Gasteiger partial charge in [-0.25, -0.2) is 0 Å². The third kappa shape index (κ3) is 4.62. The van der Waals surface area contributed by atoms with E-state index in [1.54, 1.807) is 0 Å². The number of piperidine rings is 1. The number of carbonyl (C=O) groups is 1. The van der Waals surface area contributed by atoms with Crippen LogP contribution in [0.2, 0.25) is 5.02 Å². The molecule has 1 saturated heterocycles. The van der Waals surface area contributed by atoms with Crippen molar-refractivity contribution in [1.82, 2.24) is 5.32 Å². The molecule has 1 fully saturated rings. The zero-order chi connectivity index (χ0) is 20.3. The van der Waals surface area contributed by atoms with Crippen molar-refractivity contribution < 1.29 is 9.72 Å². The second kappa shape index (κ2) is 8.61. The lowest BCUT2D eigenvalue weighted by molar-refractivity contribution is -0.384. The Kier molecular flexibility index (Phi) is 6.19. The summed E-state index contributed by atoms with van der Waals surface area (Å²) >= 11 is 6.05. The minimum Gasteiger partial charge on any atom is -0.371 e. The van der Waals surface area contributed by atoms with Gasteiger partial charge in [-0.2, -0.15) is 0 Å². The van der Waals surface area contributed by atoms with Crippen molar-refractivity contribution in [2.24, 2.45) is 5.92 Å². The highest BCUT2D eigenvalue weighted by molar-refractivity contribution is 6.34. The number of carbonyl (C=O) groups excluding carboxylic acids is 1. The van der Waals surface area contributed by atoms with E-state index in [1.807, 2.05) is 19.1 Å². The van der Waals surface area contributed by atoms with Crippen LogP contribution in [0.25, 0.3) is 0 Å². The molecule has 0 bridgehead atoms. The fourth-order valence-corrected chi connectivity index (χ4v) is 3.82. The second-order valence-corrected chi connectivity index (χ2v) is 7.81. The average molecular weight is 402 g/mol. The quantitative estimate of drug-likeness (QED) is 0.566. The van der Waals surface area contributed by atoms with E-state index in [9.17, 15) is 14.9 Å². The molecule has 0 unspecified atom stereocenters. The van der Waals surface area contributed by atoms with Gasteiger partial charge < -0.3 is 10.2 Å². The number of hydrogen-bond acceptors (Lipinski definition) is 4.